The number of hydrogen-bond donors (Lipinski definition) is 2. The van der Waals surface area contributed by atoms with Crippen LogP contribution in [0.3, 0.4) is 0 Å². The molecule has 0 saturated carbocycles. The molecular weight excluding hydrogens is 290 g/mol. The predicted octanol–water partition coefficient (Wildman–Crippen LogP) is 2.55. The predicted molar refractivity (Wildman–Crippen MR) is 76.6 cm³/mol. The zero-order chi connectivity index (χ0) is 13.0. The summed E-state index contributed by atoms with van der Waals surface area (Å²) in [7, 11) is 0. The Hall–Kier alpha value is -1.10. The lowest BCUT2D eigenvalue weighted by Gasteiger charge is -2.14. The second-order valence-electron chi connectivity index (χ2n) is 4.13. The minimum absolute atomic E-state index is 0. The lowest BCUT2D eigenvalue weighted by Crippen LogP contribution is -2.29. The molecule has 1 aromatic rings. The van der Waals surface area contributed by atoms with Gasteiger partial charge in [-0.1, -0.05) is 23.3 Å². The van der Waals surface area contributed by atoms with E-state index in [0.717, 1.165) is 25.6 Å². The molecule has 1 aromatic carbocycles. The Morgan fingerprint density at radius 2 is 2.26 bits per heavy atom. The van der Waals surface area contributed by atoms with E-state index in [1.54, 1.807) is 0 Å². The third-order valence-electron chi connectivity index (χ3n) is 2.82. The summed E-state index contributed by atoms with van der Waals surface area (Å²) in [6.45, 7) is 2.27. The summed E-state index contributed by atoms with van der Waals surface area (Å²) in [5.74, 6) is -0.865. The van der Waals surface area contributed by atoms with Gasteiger partial charge in [0.1, 0.15) is 5.82 Å². The SMILES string of the molecule is Cl.O=C(NCC1=CCNCC1)c1ccc(Cl)c(F)c1. The molecular formula is C13H15Cl2FN2O. The van der Waals surface area contributed by atoms with Crippen LogP contribution in [0.2, 0.25) is 5.02 Å². The molecule has 1 heterocycles. The molecule has 2 rings (SSSR count). The minimum Gasteiger partial charge on any atom is -0.348 e. The van der Waals surface area contributed by atoms with Gasteiger partial charge in [0.25, 0.3) is 5.91 Å². The van der Waals surface area contributed by atoms with Gasteiger partial charge in [-0.05, 0) is 31.2 Å². The van der Waals surface area contributed by atoms with Crippen molar-refractivity contribution in [1.29, 1.82) is 0 Å². The van der Waals surface area contributed by atoms with Crippen molar-refractivity contribution in [2.24, 2.45) is 0 Å². The molecule has 2 N–H and O–H groups in total. The number of rotatable bonds is 3. The van der Waals surface area contributed by atoms with Crippen molar-refractivity contribution in [2.45, 2.75) is 6.42 Å². The van der Waals surface area contributed by atoms with Crippen LogP contribution < -0.4 is 10.6 Å². The zero-order valence-electron chi connectivity index (χ0n) is 10.2. The topological polar surface area (TPSA) is 41.1 Å². The average Bonchev–Trinajstić information content (AvgIpc) is 2.40. The van der Waals surface area contributed by atoms with E-state index in [1.807, 2.05) is 0 Å². The van der Waals surface area contributed by atoms with Gasteiger partial charge in [0.2, 0.25) is 0 Å². The van der Waals surface area contributed by atoms with E-state index in [4.69, 9.17) is 11.6 Å². The standard InChI is InChI=1S/C13H14ClFN2O.ClH/c14-11-2-1-10(7-12(11)15)13(18)17-8-9-3-5-16-6-4-9;/h1-3,7,16H,4-6,8H2,(H,17,18);1H. The highest BCUT2D eigenvalue weighted by molar-refractivity contribution is 6.30. The first-order chi connectivity index (χ1) is 8.66. The highest BCUT2D eigenvalue weighted by Crippen LogP contribution is 2.15. The fourth-order valence-corrected chi connectivity index (χ4v) is 1.88. The summed E-state index contributed by atoms with van der Waals surface area (Å²) in [6.07, 6.45) is 2.99. The van der Waals surface area contributed by atoms with Gasteiger partial charge in [0, 0.05) is 18.7 Å². The van der Waals surface area contributed by atoms with E-state index in [9.17, 15) is 9.18 Å². The van der Waals surface area contributed by atoms with Crippen LogP contribution in [-0.4, -0.2) is 25.5 Å². The Labute approximate surface area is 122 Å². The van der Waals surface area contributed by atoms with Crippen LogP contribution in [0.25, 0.3) is 0 Å². The molecule has 6 heteroatoms. The number of halogens is 3. The van der Waals surface area contributed by atoms with E-state index in [0.29, 0.717) is 6.54 Å². The fraction of sp³-hybridized carbons (Fsp3) is 0.308. The molecule has 1 aliphatic heterocycles. The van der Waals surface area contributed by atoms with Crippen molar-refractivity contribution in [1.82, 2.24) is 10.6 Å². The van der Waals surface area contributed by atoms with Gasteiger partial charge in [0.05, 0.1) is 5.02 Å². The number of carbonyl (C=O) groups excluding carboxylic acids is 1. The van der Waals surface area contributed by atoms with Crippen molar-refractivity contribution in [3.05, 3.63) is 46.3 Å². The van der Waals surface area contributed by atoms with Crippen LogP contribution in [0, 0.1) is 5.82 Å². The van der Waals surface area contributed by atoms with Gasteiger partial charge in [-0.15, -0.1) is 12.4 Å². The Balaban J connectivity index is 0.00000180. The third-order valence-corrected chi connectivity index (χ3v) is 3.12. The van der Waals surface area contributed by atoms with Crippen molar-refractivity contribution in [3.8, 4) is 0 Å². The van der Waals surface area contributed by atoms with E-state index in [1.165, 1.54) is 17.7 Å². The maximum absolute atomic E-state index is 13.2. The van der Waals surface area contributed by atoms with Crippen LogP contribution in [0.15, 0.2) is 29.8 Å². The van der Waals surface area contributed by atoms with E-state index in [2.05, 4.69) is 16.7 Å². The summed E-state index contributed by atoms with van der Waals surface area (Å²) in [5.41, 5.74) is 1.47. The fourth-order valence-electron chi connectivity index (χ4n) is 1.76. The molecule has 19 heavy (non-hydrogen) atoms. The van der Waals surface area contributed by atoms with Crippen LogP contribution in [0.1, 0.15) is 16.8 Å². The smallest absolute Gasteiger partial charge is 0.251 e. The largest absolute Gasteiger partial charge is 0.348 e. The molecule has 0 spiro atoms. The van der Waals surface area contributed by atoms with Crippen molar-refractivity contribution in [2.75, 3.05) is 19.6 Å². The molecule has 0 unspecified atom stereocenters. The molecule has 0 bridgehead atoms. The molecule has 0 fully saturated rings. The Morgan fingerprint density at radius 3 is 2.89 bits per heavy atom. The first-order valence-corrected chi connectivity index (χ1v) is 6.16. The number of nitrogens with one attached hydrogen (secondary N) is 2. The summed E-state index contributed by atoms with van der Waals surface area (Å²) >= 11 is 5.56. The first kappa shape index (κ1) is 16.0. The van der Waals surface area contributed by atoms with E-state index in [-0.39, 0.29) is 28.9 Å². The summed E-state index contributed by atoms with van der Waals surface area (Å²) in [4.78, 5) is 11.8. The van der Waals surface area contributed by atoms with Gasteiger partial charge >= 0.3 is 0 Å². The van der Waals surface area contributed by atoms with Crippen LogP contribution >= 0.6 is 24.0 Å². The van der Waals surface area contributed by atoms with Gasteiger partial charge in [-0.25, -0.2) is 4.39 Å². The molecule has 0 atom stereocenters. The third kappa shape index (κ3) is 4.49. The van der Waals surface area contributed by atoms with E-state index < -0.39 is 5.82 Å². The molecule has 3 nitrogen and oxygen atoms in total. The molecule has 0 aliphatic carbocycles. The Bertz CT molecular complexity index is 492. The molecule has 104 valence electrons. The van der Waals surface area contributed by atoms with Crippen molar-refractivity contribution in [3.63, 3.8) is 0 Å². The van der Waals surface area contributed by atoms with Gasteiger partial charge in [-0.3, -0.25) is 4.79 Å². The second kappa shape index (κ2) is 7.48. The number of benzene rings is 1. The summed E-state index contributed by atoms with van der Waals surface area (Å²) in [5, 5.41) is 5.99. The van der Waals surface area contributed by atoms with Crippen LogP contribution in [0.5, 0.6) is 0 Å². The molecule has 1 amide bonds. The van der Waals surface area contributed by atoms with Crippen molar-refractivity contribution >= 4 is 29.9 Å². The maximum Gasteiger partial charge on any atom is 0.251 e. The molecule has 1 aliphatic rings. The lowest BCUT2D eigenvalue weighted by atomic mass is 10.1. The van der Waals surface area contributed by atoms with Gasteiger partial charge in [0.15, 0.2) is 0 Å². The molecule has 0 radical (unpaired) electrons. The van der Waals surface area contributed by atoms with Crippen molar-refractivity contribution < 1.29 is 9.18 Å². The monoisotopic (exact) mass is 304 g/mol. The zero-order valence-corrected chi connectivity index (χ0v) is 11.8. The maximum atomic E-state index is 13.2. The quantitative estimate of drug-likeness (QED) is 0.843. The van der Waals surface area contributed by atoms with Gasteiger partial charge in [-0.2, -0.15) is 0 Å². The summed E-state index contributed by atoms with van der Waals surface area (Å²) < 4.78 is 13.2. The number of amides is 1. The number of hydrogen-bond acceptors (Lipinski definition) is 2. The van der Waals surface area contributed by atoms with Gasteiger partial charge < -0.3 is 10.6 Å². The van der Waals surface area contributed by atoms with Crippen LogP contribution in [-0.2, 0) is 0 Å². The second-order valence-corrected chi connectivity index (χ2v) is 4.54. The Morgan fingerprint density at radius 1 is 1.47 bits per heavy atom. The highest BCUT2D eigenvalue weighted by atomic mass is 35.5. The summed E-state index contributed by atoms with van der Waals surface area (Å²) in [6, 6.07) is 4.04. The highest BCUT2D eigenvalue weighted by Gasteiger charge is 2.10. The molecule has 0 aromatic heterocycles. The Kier molecular flexibility index (Phi) is 6.28. The molecule has 0 saturated heterocycles. The normalized spacial score (nSPS) is 14.3. The number of carbonyl (C=O) groups is 1. The van der Waals surface area contributed by atoms with E-state index >= 15 is 0 Å². The first-order valence-electron chi connectivity index (χ1n) is 5.78. The minimum atomic E-state index is -0.578. The van der Waals surface area contributed by atoms with Crippen LogP contribution in [0.4, 0.5) is 4.39 Å². The lowest BCUT2D eigenvalue weighted by molar-refractivity contribution is 0.0956. The average molecular weight is 305 g/mol.